The Balaban J connectivity index is 0.00000289. The van der Waals surface area contributed by atoms with Crippen molar-refractivity contribution in [3.8, 4) is 5.75 Å². The Morgan fingerprint density at radius 1 is 1.20 bits per heavy atom. The molecule has 0 radical (unpaired) electrons. The van der Waals surface area contributed by atoms with Crippen molar-refractivity contribution in [3.05, 3.63) is 58.4 Å². The molecule has 13 heteroatoms. The third-order valence-corrected chi connectivity index (χ3v) is 7.00. The quantitative estimate of drug-likeness (QED) is 0.218. The number of aliphatic imine (C=N–C) groups is 1. The Labute approximate surface area is 232 Å². The zero-order valence-corrected chi connectivity index (χ0v) is 23.1. The van der Waals surface area contributed by atoms with E-state index in [0.717, 1.165) is 28.1 Å². The molecule has 2 aromatic carbocycles. The number of anilines is 2. The first-order valence-electron chi connectivity index (χ1n) is 10.7. The van der Waals surface area contributed by atoms with Gasteiger partial charge in [-0.25, -0.2) is 14.6 Å². The van der Waals surface area contributed by atoms with E-state index in [1.807, 2.05) is 39.0 Å². The van der Waals surface area contributed by atoms with Gasteiger partial charge in [0.2, 0.25) is 12.6 Å². The maximum absolute atomic E-state index is 11.8. The smallest absolute Gasteiger partial charge is 0.471 e. The van der Waals surface area contributed by atoms with Crippen LogP contribution < -0.4 is 25.3 Å². The number of fused-ring (bicyclic) bond motifs is 3. The van der Waals surface area contributed by atoms with Crippen LogP contribution in [0.1, 0.15) is 23.6 Å². The number of benzene rings is 2. The maximum atomic E-state index is 11.8. The molecule has 0 aliphatic carbocycles. The molecule has 5 N–H and O–H groups in total. The molecule has 180 valence electrons. The zero-order chi connectivity index (χ0) is 24.3. The third-order valence-electron chi connectivity index (χ3n) is 6.54. The number of ether oxygens (including phenoxy) is 1. The molecular formula is C22H27CaN5O6P+3. The van der Waals surface area contributed by atoms with Crippen LogP contribution in [0.4, 0.5) is 17.1 Å². The molecule has 0 spiro atoms. The zero-order valence-electron chi connectivity index (χ0n) is 20.0. The minimum atomic E-state index is -4.83. The fourth-order valence-electron chi connectivity index (χ4n) is 4.53. The molecule has 5 rings (SSSR count). The summed E-state index contributed by atoms with van der Waals surface area (Å²) in [6.45, 7) is 7.80. The molecule has 35 heavy (non-hydrogen) atoms. The molecule has 1 fully saturated rings. The Hall–Kier alpha value is -1.66. The van der Waals surface area contributed by atoms with E-state index >= 15 is 0 Å². The molecule has 2 bridgehead atoms. The second kappa shape index (κ2) is 9.33. The molecule has 1 saturated heterocycles. The molecule has 3 aliphatic rings. The van der Waals surface area contributed by atoms with Crippen LogP contribution in [0.3, 0.4) is 0 Å². The summed E-state index contributed by atoms with van der Waals surface area (Å²) in [5.74, 6) is -0.335. The minimum Gasteiger partial charge on any atom is -0.471 e. The number of nitrogens with zero attached hydrogens (tertiary/aromatic N) is 2. The Morgan fingerprint density at radius 3 is 2.60 bits per heavy atom. The van der Waals surface area contributed by atoms with Crippen LogP contribution in [0.25, 0.3) is 0 Å². The largest absolute Gasteiger partial charge is 2.00 e. The van der Waals surface area contributed by atoms with Gasteiger partial charge in [0.05, 0.1) is 5.69 Å². The average Bonchev–Trinajstić information content (AvgIpc) is 3.32. The number of quaternary nitrogens is 1. The van der Waals surface area contributed by atoms with Crippen LogP contribution >= 0.6 is 7.82 Å². The first-order chi connectivity index (χ1) is 16.0. The van der Waals surface area contributed by atoms with Gasteiger partial charge in [-0.1, -0.05) is 0 Å². The minimum absolute atomic E-state index is 0. The summed E-state index contributed by atoms with van der Waals surface area (Å²) < 4.78 is 22.2. The summed E-state index contributed by atoms with van der Waals surface area (Å²) in [6.07, 6.45) is 1.67. The Morgan fingerprint density at radius 2 is 1.91 bits per heavy atom. The predicted molar refractivity (Wildman–Crippen MR) is 134 cm³/mol. The van der Waals surface area contributed by atoms with Crippen molar-refractivity contribution in [1.29, 1.82) is 0 Å². The molecule has 11 nitrogen and oxygen atoms in total. The molecule has 0 amide bonds. The van der Waals surface area contributed by atoms with Crippen LogP contribution in [-0.4, -0.2) is 73.2 Å². The second-order valence-corrected chi connectivity index (χ2v) is 9.91. The van der Waals surface area contributed by atoms with Crippen LogP contribution in [-0.2, 0) is 13.9 Å². The Bertz CT molecular complexity index is 1270. The van der Waals surface area contributed by atoms with Crippen molar-refractivity contribution in [3.63, 3.8) is 0 Å². The van der Waals surface area contributed by atoms with Gasteiger partial charge in [0, 0.05) is 29.6 Å². The van der Waals surface area contributed by atoms with Crippen molar-refractivity contribution in [2.24, 2.45) is 4.99 Å². The van der Waals surface area contributed by atoms with Gasteiger partial charge in [-0.2, -0.15) is 9.83 Å². The predicted octanol–water partition coefficient (Wildman–Crippen LogP) is 2.94. The molecule has 0 aromatic heterocycles. The van der Waals surface area contributed by atoms with Gasteiger partial charge in [0.1, 0.15) is 11.4 Å². The molecule has 2 atom stereocenters. The third kappa shape index (κ3) is 4.39. The first-order valence-corrected chi connectivity index (χ1v) is 12.2. The molecule has 0 saturated carbocycles. The number of rotatable bonds is 6. The van der Waals surface area contributed by atoms with Gasteiger partial charge in [0.15, 0.2) is 6.73 Å². The fourth-order valence-corrected chi connectivity index (χ4v) is 4.86. The van der Waals surface area contributed by atoms with Crippen LogP contribution in [0.5, 0.6) is 5.75 Å². The normalized spacial score (nSPS) is 24.3. The van der Waals surface area contributed by atoms with Crippen molar-refractivity contribution in [2.45, 2.75) is 33.7 Å². The number of allylic oxidation sites excluding steroid dienone is 1. The number of hydrogen-bond acceptors (Lipinski definition) is 8. The van der Waals surface area contributed by atoms with Crippen LogP contribution in [0, 0.1) is 20.8 Å². The first kappa shape index (κ1) is 26.4. The number of phosphoric ester groups is 1. The van der Waals surface area contributed by atoms with Gasteiger partial charge < -0.3 is 19.8 Å². The van der Waals surface area contributed by atoms with E-state index in [0.29, 0.717) is 24.0 Å². The molecule has 3 heterocycles. The summed E-state index contributed by atoms with van der Waals surface area (Å²) in [7, 11) is -4.83. The number of hydrogen-bond donors (Lipinski definition) is 5. The van der Waals surface area contributed by atoms with Gasteiger partial charge >= 0.3 is 51.5 Å². The Kier molecular flexibility index (Phi) is 7.04. The van der Waals surface area contributed by atoms with Gasteiger partial charge in [-0.05, 0) is 62.6 Å². The van der Waals surface area contributed by atoms with E-state index < -0.39 is 20.5 Å². The number of hydroxylamine groups is 1. The monoisotopic (exact) mass is 528 g/mol. The van der Waals surface area contributed by atoms with Crippen molar-refractivity contribution in [1.82, 2.24) is 9.96 Å². The summed E-state index contributed by atoms with van der Waals surface area (Å²) in [4.78, 5) is 30.0. The van der Waals surface area contributed by atoms with E-state index in [2.05, 4.69) is 23.0 Å². The van der Waals surface area contributed by atoms with E-state index in [9.17, 15) is 14.4 Å². The topological polar surface area (TPSA) is 134 Å². The standard InChI is InChI=1S/C22H26N5O6P.Ca/c1-13-7-17(8-14(2)16(13)4)25-22-24-10-15(3)21(26-33-22)27(22,12-32-34(28,29)30)18-5-6-20-19(9-18)23-11-31-20;/h5-10,23,25-26H,11-12H2,1-4H3,(H-,28,29,30);/q;+2/p+1. The number of nitrogens with one attached hydrogen (secondary N) is 3. The molecule has 3 aliphatic heterocycles. The summed E-state index contributed by atoms with van der Waals surface area (Å²) in [5.41, 5.74) is 9.11. The maximum Gasteiger partial charge on any atom is 2.00 e. The molecule has 2 aromatic rings. The van der Waals surface area contributed by atoms with E-state index in [4.69, 9.17) is 19.1 Å². The van der Waals surface area contributed by atoms with Crippen LogP contribution in [0.2, 0.25) is 0 Å². The van der Waals surface area contributed by atoms with Crippen molar-refractivity contribution >= 4 is 68.8 Å². The van der Waals surface area contributed by atoms with E-state index in [-0.39, 0.29) is 42.2 Å². The van der Waals surface area contributed by atoms with Gasteiger partial charge in [-0.15, -0.1) is 4.48 Å². The van der Waals surface area contributed by atoms with Crippen LogP contribution in [0.15, 0.2) is 46.7 Å². The van der Waals surface area contributed by atoms with Gasteiger partial charge in [-0.3, -0.25) is 5.32 Å². The number of phosphoric acid groups is 1. The molecule has 2 unspecified atom stereocenters. The van der Waals surface area contributed by atoms with E-state index in [1.165, 1.54) is 5.56 Å². The van der Waals surface area contributed by atoms with E-state index in [1.54, 1.807) is 18.3 Å². The fraction of sp³-hybridized carbons (Fsp3) is 0.318. The molecular weight excluding hydrogens is 501 g/mol. The number of aryl methyl sites for hydroxylation is 2. The van der Waals surface area contributed by atoms with Crippen molar-refractivity contribution < 1.29 is 28.5 Å². The van der Waals surface area contributed by atoms with Gasteiger partial charge in [0.25, 0.3) is 0 Å². The van der Waals surface area contributed by atoms with Crippen molar-refractivity contribution in [2.75, 3.05) is 24.1 Å². The summed E-state index contributed by atoms with van der Waals surface area (Å²) in [6, 6.07) is 9.41. The average molecular weight is 529 g/mol. The summed E-state index contributed by atoms with van der Waals surface area (Å²) >= 11 is 0. The SMILES string of the molecule is CC1=C2NOC(Nc3cc(C)c(C)c(C)c3)(N=C1)[N+]2(COP(=O)(O)O)c1ccc2c(c1)NCO2.[Ca+2]. The second-order valence-electron chi connectivity index (χ2n) is 8.67. The summed E-state index contributed by atoms with van der Waals surface area (Å²) in [5, 5.41) is 6.53.